The topological polar surface area (TPSA) is 65.1 Å². The minimum absolute atomic E-state index is 0.00607. The summed E-state index contributed by atoms with van der Waals surface area (Å²) in [7, 11) is -2.09. The highest BCUT2D eigenvalue weighted by Crippen LogP contribution is 2.39. The molecule has 0 aromatic heterocycles. The van der Waals surface area contributed by atoms with Crippen LogP contribution in [0.1, 0.15) is 59.4 Å². The number of amides is 2. The molecule has 1 fully saturated rings. The molecule has 196 valence electrons. The van der Waals surface area contributed by atoms with Crippen molar-refractivity contribution < 1.29 is 27.9 Å². The Labute approximate surface area is 214 Å². The van der Waals surface area contributed by atoms with Crippen LogP contribution in [0, 0.1) is 5.82 Å². The maximum Gasteiger partial charge on any atom is 0.417 e. The number of likely N-dealkylation sites (tertiary alicyclic amines) is 1. The number of ether oxygens (including phenoxy) is 2. The molecule has 1 saturated heterocycles. The second-order valence-corrected chi connectivity index (χ2v) is 16.6. The second kappa shape index (κ2) is 10.3. The van der Waals surface area contributed by atoms with Gasteiger partial charge in [-0.15, -0.1) is 0 Å². The third-order valence-electron chi connectivity index (χ3n) is 6.77. The third kappa shape index (κ3) is 6.73. The Balaban J connectivity index is 1.80. The number of imide groups is 1. The van der Waals surface area contributed by atoms with Gasteiger partial charge in [0.05, 0.1) is 18.6 Å². The molecule has 6 nitrogen and oxygen atoms in total. The van der Waals surface area contributed by atoms with Gasteiger partial charge in [0.25, 0.3) is 0 Å². The number of hydrogen-bond donors (Lipinski definition) is 0. The average molecular weight is 516 g/mol. The Morgan fingerprint density at radius 1 is 0.972 bits per heavy atom. The van der Waals surface area contributed by atoms with Gasteiger partial charge in [0, 0.05) is 0 Å². The van der Waals surface area contributed by atoms with Crippen molar-refractivity contribution in [3.05, 3.63) is 59.9 Å². The van der Waals surface area contributed by atoms with Crippen molar-refractivity contribution in [2.24, 2.45) is 0 Å². The average Bonchev–Trinajstić information content (AvgIpc) is 3.09. The van der Waals surface area contributed by atoms with Gasteiger partial charge in [0.1, 0.15) is 22.9 Å². The summed E-state index contributed by atoms with van der Waals surface area (Å²) in [6, 6.07) is 12.5. The van der Waals surface area contributed by atoms with Gasteiger partial charge >= 0.3 is 6.09 Å². The van der Waals surface area contributed by atoms with Crippen molar-refractivity contribution in [3.63, 3.8) is 0 Å². The largest absolute Gasteiger partial charge is 0.457 e. The molecule has 0 bridgehead atoms. The number of nitrogens with zero attached hydrogens (tertiary/aromatic N) is 1. The van der Waals surface area contributed by atoms with E-state index in [0.29, 0.717) is 17.9 Å². The molecule has 1 aliphatic heterocycles. The number of carbonyl (C=O) groups is 2. The normalized spacial score (nSPS) is 18.9. The minimum Gasteiger partial charge on any atom is -0.457 e. The van der Waals surface area contributed by atoms with E-state index in [1.807, 2.05) is 12.1 Å². The van der Waals surface area contributed by atoms with Crippen LogP contribution in [0.3, 0.4) is 0 Å². The minimum atomic E-state index is -2.09. The standard InChI is InChI=1S/C28H38FNO5Si/c1-27(2,3)35-26(32)30-21(18-33-36(7,8)28(4,5)6)17-24(25(30)31)19-9-13-22(14-10-19)34-23-15-11-20(29)12-16-23/h9-16,21,24H,17-18H2,1-8H3/t21-,24-/m1/s1. The Hall–Kier alpha value is -2.71. The third-order valence-corrected chi connectivity index (χ3v) is 11.3. The monoisotopic (exact) mass is 515 g/mol. The van der Waals surface area contributed by atoms with Crippen LogP contribution in [0.15, 0.2) is 48.5 Å². The van der Waals surface area contributed by atoms with Gasteiger partial charge in [-0.2, -0.15) is 0 Å². The Morgan fingerprint density at radius 3 is 2.00 bits per heavy atom. The molecule has 0 N–H and O–H groups in total. The maximum absolute atomic E-state index is 13.5. The Bertz CT molecular complexity index is 1070. The van der Waals surface area contributed by atoms with Crippen molar-refractivity contribution in [3.8, 4) is 11.5 Å². The summed E-state index contributed by atoms with van der Waals surface area (Å²) in [6.07, 6.45) is -0.194. The van der Waals surface area contributed by atoms with Crippen LogP contribution in [0.4, 0.5) is 9.18 Å². The molecule has 0 radical (unpaired) electrons. The smallest absolute Gasteiger partial charge is 0.417 e. The van der Waals surface area contributed by atoms with Gasteiger partial charge in [-0.1, -0.05) is 32.9 Å². The van der Waals surface area contributed by atoms with Gasteiger partial charge in [-0.3, -0.25) is 4.79 Å². The fourth-order valence-electron chi connectivity index (χ4n) is 3.73. The van der Waals surface area contributed by atoms with Gasteiger partial charge in [-0.25, -0.2) is 14.1 Å². The number of hydrogen-bond acceptors (Lipinski definition) is 5. The molecule has 2 aromatic rings. The SMILES string of the molecule is CC(C)(C)OC(=O)N1C(=O)[C@@H](c2ccc(Oc3ccc(F)cc3)cc2)C[C@@H]1CO[Si](C)(C)C(C)(C)C. The molecule has 0 saturated carbocycles. The van der Waals surface area contributed by atoms with Crippen molar-refractivity contribution in [1.29, 1.82) is 0 Å². The Morgan fingerprint density at radius 2 is 1.50 bits per heavy atom. The molecule has 0 unspecified atom stereocenters. The summed E-state index contributed by atoms with van der Waals surface area (Å²) in [5.41, 5.74) is 0.0643. The summed E-state index contributed by atoms with van der Waals surface area (Å²) in [5, 5.41) is 0.00607. The fraction of sp³-hybridized carbons (Fsp3) is 0.500. The summed E-state index contributed by atoms with van der Waals surface area (Å²) >= 11 is 0. The highest BCUT2D eigenvalue weighted by atomic mass is 28.4. The van der Waals surface area contributed by atoms with E-state index in [1.165, 1.54) is 17.0 Å². The van der Waals surface area contributed by atoms with Crippen LogP contribution in [0.5, 0.6) is 11.5 Å². The van der Waals surface area contributed by atoms with Gasteiger partial charge < -0.3 is 13.9 Å². The molecule has 8 heteroatoms. The summed E-state index contributed by atoms with van der Waals surface area (Å²) in [4.78, 5) is 27.8. The molecule has 2 atom stereocenters. The van der Waals surface area contributed by atoms with Crippen molar-refractivity contribution in [2.75, 3.05) is 6.61 Å². The van der Waals surface area contributed by atoms with E-state index in [0.717, 1.165) is 5.56 Å². The first-order valence-corrected chi connectivity index (χ1v) is 15.2. The maximum atomic E-state index is 13.5. The van der Waals surface area contributed by atoms with Crippen molar-refractivity contribution in [2.45, 2.75) is 83.7 Å². The fourth-order valence-corrected chi connectivity index (χ4v) is 4.77. The van der Waals surface area contributed by atoms with Crippen LogP contribution in [0.2, 0.25) is 18.1 Å². The summed E-state index contributed by atoms with van der Waals surface area (Å²) < 4.78 is 30.9. The summed E-state index contributed by atoms with van der Waals surface area (Å²) in [6.45, 7) is 16.4. The zero-order valence-electron chi connectivity index (χ0n) is 22.6. The van der Waals surface area contributed by atoms with E-state index in [4.69, 9.17) is 13.9 Å². The quantitative estimate of drug-likeness (QED) is 0.379. The zero-order chi connectivity index (χ0) is 26.9. The predicted molar refractivity (Wildman–Crippen MR) is 140 cm³/mol. The van der Waals surface area contributed by atoms with Crippen molar-refractivity contribution in [1.82, 2.24) is 4.90 Å². The number of carbonyl (C=O) groups excluding carboxylic acids is 2. The van der Waals surface area contributed by atoms with Gasteiger partial charge in [0.15, 0.2) is 8.32 Å². The lowest BCUT2D eigenvalue weighted by Crippen LogP contribution is -2.48. The van der Waals surface area contributed by atoms with Crippen LogP contribution in [-0.2, 0) is 14.0 Å². The molecular formula is C28H38FNO5Si. The van der Waals surface area contributed by atoms with E-state index in [2.05, 4.69) is 33.9 Å². The molecule has 1 aliphatic rings. The Kier molecular flexibility index (Phi) is 8.00. The number of rotatable bonds is 6. The van der Waals surface area contributed by atoms with Crippen LogP contribution in [0.25, 0.3) is 0 Å². The van der Waals surface area contributed by atoms with Gasteiger partial charge in [0.2, 0.25) is 5.91 Å². The van der Waals surface area contributed by atoms with Crippen LogP contribution in [-0.4, -0.2) is 43.5 Å². The van der Waals surface area contributed by atoms with Gasteiger partial charge in [-0.05, 0) is 87.3 Å². The van der Waals surface area contributed by atoms with E-state index in [9.17, 15) is 14.0 Å². The molecule has 0 spiro atoms. The molecule has 3 rings (SSSR count). The molecule has 2 amide bonds. The first kappa shape index (κ1) is 27.9. The molecule has 0 aliphatic carbocycles. The van der Waals surface area contributed by atoms with Crippen LogP contribution >= 0.6 is 0 Å². The van der Waals surface area contributed by atoms with E-state index < -0.39 is 32.0 Å². The predicted octanol–water partition coefficient (Wildman–Crippen LogP) is 7.26. The highest BCUT2D eigenvalue weighted by molar-refractivity contribution is 6.74. The van der Waals surface area contributed by atoms with E-state index in [-0.39, 0.29) is 23.4 Å². The van der Waals surface area contributed by atoms with Crippen molar-refractivity contribution >= 4 is 20.3 Å². The zero-order valence-corrected chi connectivity index (χ0v) is 23.6. The molecular weight excluding hydrogens is 477 g/mol. The lowest BCUT2D eigenvalue weighted by molar-refractivity contribution is -0.129. The van der Waals surface area contributed by atoms with E-state index >= 15 is 0 Å². The number of benzene rings is 2. The van der Waals surface area contributed by atoms with Crippen LogP contribution < -0.4 is 4.74 Å². The molecule has 1 heterocycles. The molecule has 2 aromatic carbocycles. The summed E-state index contributed by atoms with van der Waals surface area (Å²) in [5.74, 6) is -0.0394. The highest BCUT2D eigenvalue weighted by Gasteiger charge is 2.47. The van der Waals surface area contributed by atoms with E-state index in [1.54, 1.807) is 45.0 Å². The second-order valence-electron chi connectivity index (χ2n) is 11.8. The molecule has 36 heavy (non-hydrogen) atoms. The lowest BCUT2D eigenvalue weighted by atomic mass is 9.96. The number of halogens is 1. The lowest BCUT2D eigenvalue weighted by Gasteiger charge is -2.37. The first-order chi connectivity index (χ1) is 16.6. The first-order valence-electron chi connectivity index (χ1n) is 12.3.